The number of hydrogen-bond donors (Lipinski definition) is 0. The first-order valence-electron chi connectivity index (χ1n) is 25.0. The molecule has 0 amide bonds. The maximum absolute atomic E-state index is 16.1. The molecule has 370 valence electrons. The van der Waals surface area contributed by atoms with Crippen molar-refractivity contribution in [2.75, 3.05) is 0 Å². The second-order valence-electron chi connectivity index (χ2n) is 22.8. The second-order valence-corrected chi connectivity index (χ2v) is 31.5. The minimum Gasteiger partial charge on any atom is -0.206 e. The van der Waals surface area contributed by atoms with Gasteiger partial charge in [-0.1, -0.05) is 110 Å². The van der Waals surface area contributed by atoms with Crippen LogP contribution in [0.3, 0.4) is 0 Å². The summed E-state index contributed by atoms with van der Waals surface area (Å²) in [7, 11) is 0. The predicted octanol–water partition coefficient (Wildman–Crippen LogP) is 21.4. The summed E-state index contributed by atoms with van der Waals surface area (Å²) in [6.45, 7) is 39.4. The van der Waals surface area contributed by atoms with Crippen molar-refractivity contribution in [2.24, 2.45) is 17.8 Å². The number of thiophene rings is 8. The minimum atomic E-state index is -0.123. The molecule has 0 aliphatic carbocycles. The summed E-state index contributed by atoms with van der Waals surface area (Å²) in [5, 5.41) is 9.62. The van der Waals surface area contributed by atoms with Gasteiger partial charge in [-0.2, -0.15) is 0 Å². The summed E-state index contributed by atoms with van der Waals surface area (Å²) >= 11 is 14.4. The van der Waals surface area contributed by atoms with Crippen LogP contribution in [0.25, 0.3) is 105 Å². The van der Waals surface area contributed by atoms with E-state index in [1.54, 1.807) is 46.1 Å². The monoisotopic (exact) mass is 1090 g/mol. The van der Waals surface area contributed by atoms with E-state index < -0.39 is 0 Å². The SMILES string of the molecule is C=c1c2c(CC(C)C)sc(CC(C)C)c2c(=C)c2c(-c3ccc(C(C)(C)C)s3)sc(-c3ccc(-c4cc5c(-c6cc(F)c(CC(C)C)s6)c6sc(C(C)(C)C)cc6c(-c6cc(F)c(CCC)s6)c5s4)s3)c12. The molecule has 0 aliphatic rings. The topological polar surface area (TPSA) is 0 Å². The van der Waals surface area contributed by atoms with Crippen molar-refractivity contribution < 1.29 is 8.78 Å². The Balaban J connectivity index is 1.24. The van der Waals surface area contributed by atoms with Crippen LogP contribution < -0.4 is 10.4 Å². The van der Waals surface area contributed by atoms with E-state index in [4.69, 9.17) is 13.2 Å². The zero-order valence-electron chi connectivity index (χ0n) is 43.3. The van der Waals surface area contributed by atoms with Crippen molar-refractivity contribution in [3.05, 3.63) is 99.9 Å². The van der Waals surface area contributed by atoms with E-state index in [2.05, 4.69) is 126 Å². The first-order chi connectivity index (χ1) is 33.5. The highest BCUT2D eigenvalue weighted by Gasteiger charge is 2.30. The number of rotatable bonds is 13. The molecule has 0 radical (unpaired) electrons. The highest BCUT2D eigenvalue weighted by Crippen LogP contribution is 2.56. The molecule has 8 aromatic heterocycles. The summed E-state index contributed by atoms with van der Waals surface area (Å²) in [4.78, 5) is 16.4. The molecule has 0 fully saturated rings. The van der Waals surface area contributed by atoms with Crippen molar-refractivity contribution in [1.82, 2.24) is 0 Å². The maximum atomic E-state index is 16.1. The fourth-order valence-electron chi connectivity index (χ4n) is 9.97. The molecule has 10 heteroatoms. The maximum Gasteiger partial charge on any atom is 0.137 e. The van der Waals surface area contributed by atoms with Crippen LogP contribution >= 0.6 is 90.7 Å². The summed E-state index contributed by atoms with van der Waals surface area (Å²) in [5.41, 5.74) is 2.14. The molecule has 0 saturated carbocycles. The van der Waals surface area contributed by atoms with Crippen LogP contribution in [0.15, 0.2) is 48.5 Å². The molecule has 2 aromatic carbocycles. The average molecular weight is 1090 g/mol. The van der Waals surface area contributed by atoms with Gasteiger partial charge in [-0.05, 0) is 113 Å². The molecule has 0 spiro atoms. The van der Waals surface area contributed by atoms with E-state index >= 15 is 8.78 Å². The van der Waals surface area contributed by atoms with Crippen molar-refractivity contribution in [2.45, 2.75) is 133 Å². The van der Waals surface area contributed by atoms with Gasteiger partial charge in [0.25, 0.3) is 0 Å². The molecule has 0 unspecified atom stereocenters. The molecule has 0 aliphatic heterocycles. The molecule has 0 saturated heterocycles. The summed E-state index contributed by atoms with van der Waals surface area (Å²) in [6, 6.07) is 17.5. The Morgan fingerprint density at radius 3 is 1.46 bits per heavy atom. The van der Waals surface area contributed by atoms with E-state index in [0.717, 1.165) is 85.4 Å². The third-order valence-electron chi connectivity index (χ3n) is 13.3. The highest BCUT2D eigenvalue weighted by molar-refractivity contribution is 7.31. The van der Waals surface area contributed by atoms with Gasteiger partial charge < -0.3 is 0 Å². The predicted molar refractivity (Wildman–Crippen MR) is 324 cm³/mol. The Kier molecular flexibility index (Phi) is 13.8. The fourth-order valence-corrected chi connectivity index (χ4v) is 20.7. The van der Waals surface area contributed by atoms with Crippen molar-refractivity contribution in [1.29, 1.82) is 0 Å². The Morgan fingerprint density at radius 2 is 0.930 bits per heavy atom. The Bertz CT molecular complexity index is 3770. The lowest BCUT2D eigenvalue weighted by Crippen LogP contribution is -2.13. The van der Waals surface area contributed by atoms with E-state index in [9.17, 15) is 0 Å². The standard InChI is InChI=1S/C61H64F2S8/c1-16-17-38-36(62)27-46(64-38)55-35-26-49(61(13,14)15)70-57(35)54(47-28-37(63)42(66-47)22-29(2)3)34-25-43(69-56(34)55)39-18-19-40(65-39)58-52-32(8)50-44(23-30(4)5)67-45(24-31(6)7)51(50)33(9)53(52)59(71-58)41-20-21-48(68-41)60(10,11)12/h18-21,25-31H,8-9,16-17,22-24H2,1-7,10-15H3. The fraction of sp³-hybridized carbons (Fsp3) is 0.377. The normalized spacial score (nSPS) is 12.9. The smallest absolute Gasteiger partial charge is 0.137 e. The van der Waals surface area contributed by atoms with Crippen LogP contribution in [0.2, 0.25) is 0 Å². The van der Waals surface area contributed by atoms with Crippen LogP contribution in [0.5, 0.6) is 0 Å². The average Bonchev–Trinajstić information content (AvgIpc) is 4.13. The lowest BCUT2D eigenvalue weighted by Gasteiger charge is -2.15. The number of fused-ring (bicyclic) bond motifs is 4. The first kappa shape index (κ1) is 51.2. The van der Waals surface area contributed by atoms with Gasteiger partial charge in [-0.15, -0.1) is 90.7 Å². The molecule has 10 rings (SSSR count). The van der Waals surface area contributed by atoms with Crippen LogP contribution in [-0.4, -0.2) is 0 Å². The number of aryl methyl sites for hydroxylation is 1. The zero-order chi connectivity index (χ0) is 50.7. The third-order valence-corrected chi connectivity index (χ3v) is 23.9. The Hall–Kier alpha value is -3.32. The molecular weight excluding hydrogens is 1030 g/mol. The largest absolute Gasteiger partial charge is 0.206 e. The van der Waals surface area contributed by atoms with Gasteiger partial charge in [0.15, 0.2) is 0 Å². The van der Waals surface area contributed by atoms with Crippen molar-refractivity contribution >= 4 is 146 Å². The lowest BCUT2D eigenvalue weighted by molar-refractivity contribution is 0.585. The molecule has 71 heavy (non-hydrogen) atoms. The zero-order valence-corrected chi connectivity index (χ0v) is 49.9. The molecule has 8 heterocycles. The van der Waals surface area contributed by atoms with Crippen molar-refractivity contribution in [3.8, 4) is 50.1 Å². The van der Waals surface area contributed by atoms with Crippen LogP contribution in [0.4, 0.5) is 8.78 Å². The molecular formula is C61H64F2S8. The second kappa shape index (κ2) is 19.1. The van der Waals surface area contributed by atoms with Gasteiger partial charge in [-0.3, -0.25) is 0 Å². The highest BCUT2D eigenvalue weighted by atomic mass is 32.1. The van der Waals surface area contributed by atoms with E-state index in [-0.39, 0.29) is 22.5 Å². The Morgan fingerprint density at radius 1 is 0.451 bits per heavy atom. The summed E-state index contributed by atoms with van der Waals surface area (Å²) in [6.07, 6.45) is 4.33. The summed E-state index contributed by atoms with van der Waals surface area (Å²) in [5.74, 6) is 1.13. The first-order valence-corrected chi connectivity index (χ1v) is 31.6. The number of benzene rings is 2. The lowest BCUT2D eigenvalue weighted by atomic mass is 9.93. The number of hydrogen-bond acceptors (Lipinski definition) is 8. The quantitative estimate of drug-likeness (QED) is 0.108. The molecule has 0 bridgehead atoms. The molecule has 0 atom stereocenters. The molecule has 0 nitrogen and oxygen atoms in total. The number of halogens is 2. The minimum absolute atomic E-state index is 0.0422. The van der Waals surface area contributed by atoms with Gasteiger partial charge in [-0.25, -0.2) is 8.78 Å². The van der Waals surface area contributed by atoms with Crippen LogP contribution in [0, 0.1) is 29.4 Å². The van der Waals surface area contributed by atoms with Crippen LogP contribution in [-0.2, 0) is 36.5 Å². The van der Waals surface area contributed by atoms with Gasteiger partial charge in [0.2, 0.25) is 0 Å². The van der Waals surface area contributed by atoms with Gasteiger partial charge >= 0.3 is 0 Å². The summed E-state index contributed by atoms with van der Waals surface area (Å²) < 4.78 is 34.3. The Labute approximate surface area is 451 Å². The van der Waals surface area contributed by atoms with E-state index in [1.165, 1.54) is 65.4 Å². The van der Waals surface area contributed by atoms with Gasteiger partial charge in [0.05, 0.1) is 9.75 Å². The van der Waals surface area contributed by atoms with Gasteiger partial charge in [0, 0.05) is 111 Å². The van der Waals surface area contributed by atoms with Crippen molar-refractivity contribution in [3.63, 3.8) is 0 Å². The molecule has 0 N–H and O–H groups in total. The van der Waals surface area contributed by atoms with Crippen LogP contribution in [0.1, 0.15) is 126 Å². The van der Waals surface area contributed by atoms with E-state index in [1.807, 2.05) is 56.7 Å². The molecule has 10 aromatic rings. The van der Waals surface area contributed by atoms with Gasteiger partial charge in [0.1, 0.15) is 11.6 Å². The third kappa shape index (κ3) is 9.25. The van der Waals surface area contributed by atoms with E-state index in [0.29, 0.717) is 30.6 Å².